The Bertz CT molecular complexity index is 335. The minimum atomic E-state index is 0.241. The first-order chi connectivity index (χ1) is 7.84. The summed E-state index contributed by atoms with van der Waals surface area (Å²) in [6.07, 6.45) is 1.06. The lowest BCUT2D eigenvalue weighted by Gasteiger charge is -2.30. The molecule has 1 aromatic rings. The molecule has 2 heteroatoms. The molecular formula is C15H26N2. The molecule has 2 nitrogen and oxygen atoms in total. The number of rotatable bonds is 4. The average molecular weight is 234 g/mol. The van der Waals surface area contributed by atoms with E-state index in [0.717, 1.165) is 6.42 Å². The zero-order chi connectivity index (χ0) is 13.1. The zero-order valence-corrected chi connectivity index (χ0v) is 11.7. The Balaban J connectivity index is 2.75. The predicted molar refractivity (Wildman–Crippen MR) is 74.5 cm³/mol. The maximum Gasteiger partial charge on any atom is 0.0462 e. The summed E-state index contributed by atoms with van der Waals surface area (Å²) in [6.45, 7) is 11.2. The van der Waals surface area contributed by atoms with Crippen LogP contribution in [-0.4, -0.2) is 0 Å². The smallest absolute Gasteiger partial charge is 0.0462 e. The van der Waals surface area contributed by atoms with Crippen molar-refractivity contribution in [2.45, 2.75) is 47.1 Å². The first kappa shape index (κ1) is 14.2. The largest absolute Gasteiger partial charge is 0.271 e. The second kappa shape index (κ2) is 5.65. The van der Waals surface area contributed by atoms with Gasteiger partial charge >= 0.3 is 0 Å². The third-order valence-corrected chi connectivity index (χ3v) is 3.75. The maximum atomic E-state index is 5.68. The molecule has 0 bridgehead atoms. The second-order valence-electron chi connectivity index (χ2n) is 6.13. The van der Waals surface area contributed by atoms with E-state index in [0.29, 0.717) is 11.3 Å². The van der Waals surface area contributed by atoms with E-state index in [1.54, 1.807) is 0 Å². The minimum absolute atomic E-state index is 0.241. The number of hydrogen-bond donors (Lipinski definition) is 2. The maximum absolute atomic E-state index is 5.68. The third kappa shape index (κ3) is 4.14. The Morgan fingerprint density at radius 1 is 1.18 bits per heavy atom. The Labute approximate surface area is 106 Å². The van der Waals surface area contributed by atoms with Gasteiger partial charge in [0.1, 0.15) is 0 Å². The Kier molecular flexibility index (Phi) is 4.72. The molecule has 0 radical (unpaired) electrons. The summed E-state index contributed by atoms with van der Waals surface area (Å²) in [5.41, 5.74) is 5.82. The molecule has 1 rings (SSSR count). The topological polar surface area (TPSA) is 38.0 Å². The molecule has 0 aliphatic carbocycles. The lowest BCUT2D eigenvalue weighted by atomic mass is 9.77. The van der Waals surface area contributed by atoms with Gasteiger partial charge in [-0.2, -0.15) is 0 Å². The molecule has 0 amide bonds. The van der Waals surface area contributed by atoms with E-state index in [1.807, 2.05) is 0 Å². The molecule has 2 unspecified atom stereocenters. The van der Waals surface area contributed by atoms with E-state index in [1.165, 1.54) is 11.1 Å². The van der Waals surface area contributed by atoms with Crippen molar-refractivity contribution in [2.24, 2.45) is 17.2 Å². The van der Waals surface area contributed by atoms with Gasteiger partial charge in [0.05, 0.1) is 0 Å². The van der Waals surface area contributed by atoms with Gasteiger partial charge in [-0.05, 0) is 30.2 Å². The summed E-state index contributed by atoms with van der Waals surface area (Å²) < 4.78 is 0. The van der Waals surface area contributed by atoms with Gasteiger partial charge in [-0.15, -0.1) is 0 Å². The van der Waals surface area contributed by atoms with Gasteiger partial charge < -0.3 is 0 Å². The summed E-state index contributed by atoms with van der Waals surface area (Å²) in [4.78, 5) is 0. The fourth-order valence-electron chi connectivity index (χ4n) is 1.81. The van der Waals surface area contributed by atoms with Crippen molar-refractivity contribution < 1.29 is 0 Å². The summed E-state index contributed by atoms with van der Waals surface area (Å²) in [6, 6.07) is 8.85. The molecule has 2 atom stereocenters. The average Bonchev–Trinajstić information content (AvgIpc) is 2.25. The van der Waals surface area contributed by atoms with Crippen molar-refractivity contribution in [3.8, 4) is 0 Å². The fraction of sp³-hybridized carbons (Fsp3) is 0.600. The number of hydrogen-bond acceptors (Lipinski definition) is 2. The van der Waals surface area contributed by atoms with Crippen LogP contribution < -0.4 is 11.3 Å². The minimum Gasteiger partial charge on any atom is -0.271 e. The van der Waals surface area contributed by atoms with Gasteiger partial charge in [-0.1, -0.05) is 57.5 Å². The molecule has 1 aromatic carbocycles. The van der Waals surface area contributed by atoms with Crippen LogP contribution in [0.25, 0.3) is 0 Å². The van der Waals surface area contributed by atoms with E-state index >= 15 is 0 Å². The van der Waals surface area contributed by atoms with Crippen LogP contribution in [0.5, 0.6) is 0 Å². The van der Waals surface area contributed by atoms with Crippen LogP contribution in [-0.2, 0) is 0 Å². The van der Waals surface area contributed by atoms with E-state index in [2.05, 4.69) is 64.3 Å². The van der Waals surface area contributed by atoms with Crippen molar-refractivity contribution in [3.05, 3.63) is 35.4 Å². The van der Waals surface area contributed by atoms with Gasteiger partial charge in [0.2, 0.25) is 0 Å². The Morgan fingerprint density at radius 3 is 2.12 bits per heavy atom. The first-order valence-corrected chi connectivity index (χ1v) is 6.37. The molecular weight excluding hydrogens is 208 g/mol. The van der Waals surface area contributed by atoms with Gasteiger partial charge in [0.25, 0.3) is 0 Å². The molecule has 0 spiro atoms. The van der Waals surface area contributed by atoms with Gasteiger partial charge in [-0.3, -0.25) is 11.3 Å². The highest BCUT2D eigenvalue weighted by Gasteiger charge is 2.23. The number of nitrogens with one attached hydrogen (secondary N) is 1. The van der Waals surface area contributed by atoms with Gasteiger partial charge in [0, 0.05) is 6.04 Å². The standard InChI is InChI=1S/C15H26N2/c1-11-6-8-13(9-7-11)14(17-16)10-12(2)15(3,4)5/h6-9,12,14,17H,10,16H2,1-5H3. The summed E-state index contributed by atoms with van der Waals surface area (Å²) in [5, 5.41) is 0. The van der Waals surface area contributed by atoms with Gasteiger partial charge in [0.15, 0.2) is 0 Å². The van der Waals surface area contributed by atoms with Crippen LogP contribution in [0.2, 0.25) is 0 Å². The van der Waals surface area contributed by atoms with Crippen LogP contribution >= 0.6 is 0 Å². The molecule has 96 valence electrons. The third-order valence-electron chi connectivity index (χ3n) is 3.75. The predicted octanol–water partition coefficient (Wildman–Crippen LogP) is 3.57. The monoisotopic (exact) mass is 234 g/mol. The molecule has 0 fully saturated rings. The number of hydrazine groups is 1. The molecule has 0 aromatic heterocycles. The number of aryl methyl sites for hydroxylation is 1. The summed E-state index contributed by atoms with van der Waals surface area (Å²) in [7, 11) is 0. The van der Waals surface area contributed by atoms with E-state index in [9.17, 15) is 0 Å². The first-order valence-electron chi connectivity index (χ1n) is 6.37. The lowest BCUT2D eigenvalue weighted by Crippen LogP contribution is -2.31. The van der Waals surface area contributed by atoms with Crippen molar-refractivity contribution in [1.29, 1.82) is 0 Å². The number of benzene rings is 1. The molecule has 0 heterocycles. The fourth-order valence-corrected chi connectivity index (χ4v) is 1.81. The zero-order valence-electron chi connectivity index (χ0n) is 11.7. The van der Waals surface area contributed by atoms with Crippen molar-refractivity contribution in [3.63, 3.8) is 0 Å². The van der Waals surface area contributed by atoms with E-state index in [-0.39, 0.29) is 6.04 Å². The van der Waals surface area contributed by atoms with Crippen LogP contribution in [0, 0.1) is 18.3 Å². The highest BCUT2D eigenvalue weighted by molar-refractivity contribution is 5.24. The quantitative estimate of drug-likeness (QED) is 0.617. The van der Waals surface area contributed by atoms with Crippen molar-refractivity contribution in [2.75, 3.05) is 0 Å². The summed E-state index contributed by atoms with van der Waals surface area (Å²) >= 11 is 0. The van der Waals surface area contributed by atoms with Crippen LogP contribution in [0.15, 0.2) is 24.3 Å². The van der Waals surface area contributed by atoms with Crippen molar-refractivity contribution >= 4 is 0 Å². The Hall–Kier alpha value is -0.860. The SMILES string of the molecule is Cc1ccc(C(CC(C)C(C)(C)C)NN)cc1. The second-order valence-corrected chi connectivity index (χ2v) is 6.13. The lowest BCUT2D eigenvalue weighted by molar-refractivity contribution is 0.223. The molecule has 3 N–H and O–H groups in total. The van der Waals surface area contributed by atoms with Crippen molar-refractivity contribution in [1.82, 2.24) is 5.43 Å². The van der Waals surface area contributed by atoms with Crippen LogP contribution in [0.3, 0.4) is 0 Å². The molecule has 0 aliphatic rings. The molecule has 17 heavy (non-hydrogen) atoms. The normalized spacial score (nSPS) is 15.6. The van der Waals surface area contributed by atoms with Gasteiger partial charge in [-0.25, -0.2) is 0 Å². The van der Waals surface area contributed by atoms with Crippen LogP contribution in [0.1, 0.15) is 51.3 Å². The highest BCUT2D eigenvalue weighted by Crippen LogP contribution is 2.32. The summed E-state index contributed by atoms with van der Waals surface area (Å²) in [5.74, 6) is 6.30. The molecule has 0 saturated heterocycles. The van der Waals surface area contributed by atoms with Crippen LogP contribution in [0.4, 0.5) is 0 Å². The molecule has 0 saturated carbocycles. The van der Waals surface area contributed by atoms with E-state index in [4.69, 9.17) is 5.84 Å². The highest BCUT2D eigenvalue weighted by atomic mass is 15.2. The van der Waals surface area contributed by atoms with E-state index < -0.39 is 0 Å². The Morgan fingerprint density at radius 2 is 1.71 bits per heavy atom. The molecule has 0 aliphatic heterocycles. The number of nitrogens with two attached hydrogens (primary N) is 1.